The van der Waals surface area contributed by atoms with Crippen LogP contribution in [-0.4, -0.2) is 11.2 Å². The highest BCUT2D eigenvalue weighted by Crippen LogP contribution is 2.20. The minimum atomic E-state index is -0.0464. The van der Waals surface area contributed by atoms with Crippen molar-refractivity contribution in [3.63, 3.8) is 0 Å². The molecule has 0 rings (SSSR count). The fourth-order valence-electron chi connectivity index (χ4n) is 1.80. The van der Waals surface area contributed by atoms with Crippen LogP contribution in [0.4, 0.5) is 0 Å². The van der Waals surface area contributed by atoms with E-state index in [0.717, 1.165) is 12.8 Å². The van der Waals surface area contributed by atoms with E-state index in [0.29, 0.717) is 5.92 Å². The lowest BCUT2D eigenvalue weighted by molar-refractivity contribution is 0.0873. The summed E-state index contributed by atoms with van der Waals surface area (Å²) >= 11 is 0. The Labute approximate surface area is 77.2 Å². The molecule has 0 amide bonds. The lowest BCUT2D eigenvalue weighted by atomic mass is 9.90. The second kappa shape index (κ2) is 7.60. The predicted molar refractivity (Wildman–Crippen MR) is 54.2 cm³/mol. The Kier molecular flexibility index (Phi) is 7.58. The molecule has 0 aromatic heterocycles. The van der Waals surface area contributed by atoms with E-state index in [1.54, 1.807) is 0 Å². The van der Waals surface area contributed by atoms with Gasteiger partial charge in [0, 0.05) is 0 Å². The Balaban J connectivity index is 3.72. The standard InChI is InChI=1S/C11H24O/c1-4-7-10(8-5-2)11(12)9-6-3/h10-12H,4-9H2,1-3H3. The molecule has 0 bridgehead atoms. The van der Waals surface area contributed by atoms with Crippen molar-refractivity contribution < 1.29 is 5.11 Å². The van der Waals surface area contributed by atoms with Crippen LogP contribution in [0.3, 0.4) is 0 Å². The Morgan fingerprint density at radius 3 is 1.58 bits per heavy atom. The Hall–Kier alpha value is -0.0400. The van der Waals surface area contributed by atoms with Gasteiger partial charge in [-0.15, -0.1) is 0 Å². The molecule has 0 aromatic rings. The number of aliphatic hydroxyl groups excluding tert-OH is 1. The molecule has 0 aliphatic rings. The van der Waals surface area contributed by atoms with E-state index < -0.39 is 0 Å². The summed E-state index contributed by atoms with van der Waals surface area (Å²) in [6, 6.07) is 0. The lowest BCUT2D eigenvalue weighted by Gasteiger charge is -2.21. The van der Waals surface area contributed by atoms with Crippen LogP contribution in [0.1, 0.15) is 59.3 Å². The van der Waals surface area contributed by atoms with E-state index in [2.05, 4.69) is 20.8 Å². The van der Waals surface area contributed by atoms with Gasteiger partial charge in [0.2, 0.25) is 0 Å². The maximum atomic E-state index is 9.77. The summed E-state index contributed by atoms with van der Waals surface area (Å²) in [5, 5.41) is 9.77. The average molecular weight is 172 g/mol. The summed E-state index contributed by atoms with van der Waals surface area (Å²) < 4.78 is 0. The van der Waals surface area contributed by atoms with Gasteiger partial charge >= 0.3 is 0 Å². The van der Waals surface area contributed by atoms with Crippen LogP contribution in [-0.2, 0) is 0 Å². The van der Waals surface area contributed by atoms with Gasteiger partial charge in [0.05, 0.1) is 6.10 Å². The van der Waals surface area contributed by atoms with E-state index in [9.17, 15) is 5.11 Å². The second-order valence-corrected chi connectivity index (χ2v) is 3.69. The smallest absolute Gasteiger partial charge is 0.0568 e. The molecule has 0 aromatic carbocycles. The summed E-state index contributed by atoms with van der Waals surface area (Å²) in [5.41, 5.74) is 0. The largest absolute Gasteiger partial charge is 0.393 e. The van der Waals surface area contributed by atoms with Gasteiger partial charge in [0.25, 0.3) is 0 Å². The first kappa shape index (κ1) is 12.0. The molecule has 0 aliphatic heterocycles. The van der Waals surface area contributed by atoms with Gasteiger partial charge in [-0.2, -0.15) is 0 Å². The van der Waals surface area contributed by atoms with E-state index in [1.807, 2.05) is 0 Å². The Morgan fingerprint density at radius 2 is 1.25 bits per heavy atom. The second-order valence-electron chi connectivity index (χ2n) is 3.69. The summed E-state index contributed by atoms with van der Waals surface area (Å²) in [5.74, 6) is 0.556. The minimum absolute atomic E-state index is 0.0464. The zero-order chi connectivity index (χ0) is 9.40. The van der Waals surface area contributed by atoms with E-state index in [-0.39, 0.29) is 6.10 Å². The third-order valence-electron chi connectivity index (χ3n) is 2.45. The summed E-state index contributed by atoms with van der Waals surface area (Å²) in [7, 11) is 0. The zero-order valence-electron chi connectivity index (χ0n) is 8.84. The van der Waals surface area contributed by atoms with Gasteiger partial charge in [-0.05, 0) is 25.2 Å². The van der Waals surface area contributed by atoms with Crippen molar-refractivity contribution in [2.24, 2.45) is 5.92 Å². The molecular formula is C11H24O. The van der Waals surface area contributed by atoms with Gasteiger partial charge in [-0.25, -0.2) is 0 Å². The molecule has 0 radical (unpaired) electrons. The molecule has 0 saturated heterocycles. The van der Waals surface area contributed by atoms with Crippen LogP contribution in [0.15, 0.2) is 0 Å². The summed E-state index contributed by atoms with van der Waals surface area (Å²) in [6.45, 7) is 6.53. The van der Waals surface area contributed by atoms with E-state index in [1.165, 1.54) is 25.7 Å². The van der Waals surface area contributed by atoms with Crippen LogP contribution in [0.25, 0.3) is 0 Å². The topological polar surface area (TPSA) is 20.2 Å². The van der Waals surface area contributed by atoms with Gasteiger partial charge < -0.3 is 5.11 Å². The van der Waals surface area contributed by atoms with Crippen molar-refractivity contribution in [3.8, 4) is 0 Å². The first-order valence-corrected chi connectivity index (χ1v) is 5.44. The number of aliphatic hydroxyl groups is 1. The normalized spacial score (nSPS) is 13.8. The zero-order valence-corrected chi connectivity index (χ0v) is 8.84. The molecule has 1 nitrogen and oxygen atoms in total. The highest BCUT2D eigenvalue weighted by Gasteiger charge is 2.15. The molecule has 0 fully saturated rings. The maximum absolute atomic E-state index is 9.77. The molecule has 1 unspecified atom stereocenters. The highest BCUT2D eigenvalue weighted by atomic mass is 16.3. The summed E-state index contributed by atoms with van der Waals surface area (Å²) in [6.07, 6.45) is 6.81. The van der Waals surface area contributed by atoms with Gasteiger partial charge in [0.1, 0.15) is 0 Å². The average Bonchev–Trinajstić information content (AvgIpc) is 2.04. The van der Waals surface area contributed by atoms with Crippen LogP contribution in [0.5, 0.6) is 0 Å². The molecule has 12 heavy (non-hydrogen) atoms. The van der Waals surface area contributed by atoms with Crippen molar-refractivity contribution in [3.05, 3.63) is 0 Å². The third-order valence-corrected chi connectivity index (χ3v) is 2.45. The van der Waals surface area contributed by atoms with Crippen molar-refractivity contribution in [2.45, 2.75) is 65.4 Å². The van der Waals surface area contributed by atoms with Crippen LogP contribution >= 0.6 is 0 Å². The molecule has 1 atom stereocenters. The maximum Gasteiger partial charge on any atom is 0.0568 e. The summed E-state index contributed by atoms with van der Waals surface area (Å²) in [4.78, 5) is 0. The Morgan fingerprint density at radius 1 is 0.833 bits per heavy atom. The fourth-order valence-corrected chi connectivity index (χ4v) is 1.80. The fraction of sp³-hybridized carbons (Fsp3) is 1.00. The van der Waals surface area contributed by atoms with E-state index >= 15 is 0 Å². The number of hydrogen-bond donors (Lipinski definition) is 1. The third kappa shape index (κ3) is 4.76. The van der Waals surface area contributed by atoms with Crippen molar-refractivity contribution in [1.29, 1.82) is 0 Å². The first-order valence-electron chi connectivity index (χ1n) is 5.44. The van der Waals surface area contributed by atoms with Crippen molar-refractivity contribution in [2.75, 3.05) is 0 Å². The molecule has 0 saturated carbocycles. The van der Waals surface area contributed by atoms with Crippen LogP contribution < -0.4 is 0 Å². The molecule has 1 heteroatoms. The molecule has 0 heterocycles. The monoisotopic (exact) mass is 172 g/mol. The van der Waals surface area contributed by atoms with Gasteiger partial charge in [-0.3, -0.25) is 0 Å². The molecule has 1 N–H and O–H groups in total. The van der Waals surface area contributed by atoms with Crippen molar-refractivity contribution >= 4 is 0 Å². The molecule has 74 valence electrons. The number of hydrogen-bond acceptors (Lipinski definition) is 1. The predicted octanol–water partition coefficient (Wildman–Crippen LogP) is 3.36. The molecule has 0 aliphatic carbocycles. The van der Waals surface area contributed by atoms with Crippen molar-refractivity contribution in [1.82, 2.24) is 0 Å². The van der Waals surface area contributed by atoms with Crippen LogP contribution in [0, 0.1) is 5.92 Å². The molecular weight excluding hydrogens is 148 g/mol. The number of rotatable bonds is 7. The van der Waals surface area contributed by atoms with E-state index in [4.69, 9.17) is 0 Å². The lowest BCUT2D eigenvalue weighted by Crippen LogP contribution is -2.19. The SMILES string of the molecule is CCCC(O)C(CCC)CCC. The molecule has 0 spiro atoms. The quantitative estimate of drug-likeness (QED) is 0.624. The van der Waals surface area contributed by atoms with Gasteiger partial charge in [-0.1, -0.05) is 40.0 Å². The first-order chi connectivity index (χ1) is 5.76. The van der Waals surface area contributed by atoms with Gasteiger partial charge in [0.15, 0.2) is 0 Å². The minimum Gasteiger partial charge on any atom is -0.393 e. The highest BCUT2D eigenvalue weighted by molar-refractivity contribution is 4.67. The Bertz CT molecular complexity index is 85.0. The van der Waals surface area contributed by atoms with Crippen LogP contribution in [0.2, 0.25) is 0 Å².